The third-order valence-corrected chi connectivity index (χ3v) is 2.57. The molecule has 0 fully saturated rings. The van der Waals surface area contributed by atoms with Crippen molar-refractivity contribution in [3.05, 3.63) is 40.8 Å². The quantitative estimate of drug-likeness (QED) is 0.627. The number of hydrogen-bond donors (Lipinski definition) is 0. The molecular weight excluding hydrogens is 254 g/mol. The van der Waals surface area contributed by atoms with Gasteiger partial charge in [-0.15, -0.1) is 0 Å². The molecule has 0 N–H and O–H groups in total. The van der Waals surface area contributed by atoms with E-state index >= 15 is 0 Å². The fraction of sp³-hybridized carbons (Fsp3) is 0.250. The summed E-state index contributed by atoms with van der Waals surface area (Å²) in [4.78, 5) is 16.2. The lowest BCUT2D eigenvalue weighted by molar-refractivity contribution is 0.103. The van der Waals surface area contributed by atoms with E-state index in [1.165, 1.54) is 10.9 Å². The van der Waals surface area contributed by atoms with Gasteiger partial charge in [0.1, 0.15) is 16.4 Å². The summed E-state index contributed by atoms with van der Waals surface area (Å²) in [5, 5.41) is 4.29. The van der Waals surface area contributed by atoms with Crippen LogP contribution in [0.3, 0.4) is 0 Å². The molecule has 0 unspecified atom stereocenters. The summed E-state index contributed by atoms with van der Waals surface area (Å²) in [7, 11) is 1.72. The fourth-order valence-electron chi connectivity index (χ4n) is 1.56. The number of carbonyl (C=O) groups excluding carboxylic acids is 1. The number of ketones is 1. The maximum atomic E-state index is 12.3. The summed E-state index contributed by atoms with van der Waals surface area (Å²) in [6.45, 7) is 2.31. The van der Waals surface area contributed by atoms with E-state index in [0.29, 0.717) is 18.1 Å². The Bertz CT molecular complexity index is 580. The summed E-state index contributed by atoms with van der Waals surface area (Å²) >= 11 is 5.77. The molecule has 94 valence electrons. The molecule has 0 saturated carbocycles. The van der Waals surface area contributed by atoms with Gasteiger partial charge < -0.3 is 4.74 Å². The Morgan fingerprint density at radius 2 is 2.28 bits per heavy atom. The van der Waals surface area contributed by atoms with Crippen molar-refractivity contribution >= 4 is 17.4 Å². The molecule has 0 atom stereocenters. The second kappa shape index (κ2) is 5.18. The first-order chi connectivity index (χ1) is 8.63. The van der Waals surface area contributed by atoms with Gasteiger partial charge in [-0.3, -0.25) is 4.79 Å². The average molecular weight is 266 g/mol. The van der Waals surface area contributed by atoms with Crippen LogP contribution in [-0.2, 0) is 7.05 Å². The average Bonchev–Trinajstić information content (AvgIpc) is 2.71. The van der Waals surface area contributed by atoms with E-state index in [-0.39, 0.29) is 16.6 Å². The van der Waals surface area contributed by atoms with Gasteiger partial charge in [0.05, 0.1) is 12.8 Å². The molecule has 0 saturated heterocycles. The molecule has 2 aromatic heterocycles. The van der Waals surface area contributed by atoms with E-state index in [2.05, 4.69) is 10.1 Å². The second-order valence-electron chi connectivity index (χ2n) is 3.59. The normalized spacial score (nSPS) is 10.4. The molecule has 0 spiro atoms. The summed E-state index contributed by atoms with van der Waals surface area (Å²) in [6.07, 6.45) is 1.47. The molecule has 2 rings (SSSR count). The molecule has 0 aliphatic heterocycles. The molecule has 18 heavy (non-hydrogen) atoms. The van der Waals surface area contributed by atoms with Gasteiger partial charge in [0, 0.05) is 7.05 Å². The SMILES string of the molecule is CCOc1c(C(=O)c2cccc(Cl)n2)cnn1C. The molecule has 0 aromatic carbocycles. The van der Waals surface area contributed by atoms with Crippen LogP contribution in [0.25, 0.3) is 0 Å². The van der Waals surface area contributed by atoms with Crippen molar-refractivity contribution in [3.8, 4) is 5.88 Å². The predicted molar refractivity (Wildman–Crippen MR) is 67.1 cm³/mol. The highest BCUT2D eigenvalue weighted by Crippen LogP contribution is 2.20. The van der Waals surface area contributed by atoms with Crippen molar-refractivity contribution in [1.29, 1.82) is 0 Å². The summed E-state index contributed by atoms with van der Waals surface area (Å²) in [6, 6.07) is 4.90. The number of aromatic nitrogens is 3. The van der Waals surface area contributed by atoms with Crippen LogP contribution in [0.5, 0.6) is 5.88 Å². The Labute approximate surface area is 109 Å². The fourth-order valence-corrected chi connectivity index (χ4v) is 1.73. The van der Waals surface area contributed by atoms with Gasteiger partial charge in [-0.2, -0.15) is 5.10 Å². The molecule has 6 heteroatoms. The molecule has 0 radical (unpaired) electrons. The van der Waals surface area contributed by atoms with E-state index in [1.54, 1.807) is 25.2 Å². The monoisotopic (exact) mass is 265 g/mol. The number of pyridine rings is 1. The summed E-state index contributed by atoms with van der Waals surface area (Å²) < 4.78 is 6.91. The van der Waals surface area contributed by atoms with E-state index in [0.717, 1.165) is 0 Å². The van der Waals surface area contributed by atoms with Gasteiger partial charge >= 0.3 is 0 Å². The van der Waals surface area contributed by atoms with E-state index < -0.39 is 0 Å². The number of aryl methyl sites for hydroxylation is 1. The molecule has 2 heterocycles. The molecule has 0 aliphatic carbocycles. The second-order valence-corrected chi connectivity index (χ2v) is 3.98. The number of ether oxygens (including phenoxy) is 1. The first kappa shape index (κ1) is 12.6. The van der Waals surface area contributed by atoms with Gasteiger partial charge in [-0.05, 0) is 19.1 Å². The van der Waals surface area contributed by atoms with Crippen LogP contribution in [-0.4, -0.2) is 27.2 Å². The molecule has 0 aliphatic rings. The highest BCUT2D eigenvalue weighted by atomic mass is 35.5. The van der Waals surface area contributed by atoms with Gasteiger partial charge in [0.25, 0.3) is 0 Å². The maximum absolute atomic E-state index is 12.3. The lowest BCUT2D eigenvalue weighted by Crippen LogP contribution is -2.07. The highest BCUT2D eigenvalue weighted by molar-refractivity contribution is 6.29. The van der Waals surface area contributed by atoms with E-state index in [4.69, 9.17) is 16.3 Å². The molecule has 0 bridgehead atoms. The number of hydrogen-bond acceptors (Lipinski definition) is 4. The van der Waals surface area contributed by atoms with Gasteiger partial charge in [0.2, 0.25) is 11.7 Å². The highest BCUT2D eigenvalue weighted by Gasteiger charge is 2.20. The van der Waals surface area contributed by atoms with E-state index in [1.807, 2.05) is 6.92 Å². The van der Waals surface area contributed by atoms with Crippen molar-refractivity contribution in [2.45, 2.75) is 6.92 Å². The lowest BCUT2D eigenvalue weighted by Gasteiger charge is -2.05. The van der Waals surface area contributed by atoms with Crippen LogP contribution in [0.1, 0.15) is 23.0 Å². The van der Waals surface area contributed by atoms with Crippen LogP contribution in [0.4, 0.5) is 0 Å². The van der Waals surface area contributed by atoms with Gasteiger partial charge in [0.15, 0.2) is 0 Å². The molecule has 2 aromatic rings. The van der Waals surface area contributed by atoms with Crippen molar-refractivity contribution in [2.75, 3.05) is 6.61 Å². The first-order valence-corrected chi connectivity index (χ1v) is 5.83. The lowest BCUT2D eigenvalue weighted by atomic mass is 10.1. The summed E-state index contributed by atoms with van der Waals surface area (Å²) in [5.74, 6) is 0.179. The summed E-state index contributed by atoms with van der Waals surface area (Å²) in [5.41, 5.74) is 0.658. The predicted octanol–water partition coefficient (Wildman–Crippen LogP) is 2.10. The van der Waals surface area contributed by atoms with E-state index in [9.17, 15) is 4.79 Å². The van der Waals surface area contributed by atoms with Crippen molar-refractivity contribution in [3.63, 3.8) is 0 Å². The molecule has 0 amide bonds. The molecule has 5 nitrogen and oxygen atoms in total. The minimum absolute atomic E-state index is 0.256. The van der Waals surface area contributed by atoms with Crippen molar-refractivity contribution in [1.82, 2.24) is 14.8 Å². The largest absolute Gasteiger partial charge is 0.478 e. The van der Waals surface area contributed by atoms with Crippen LogP contribution in [0, 0.1) is 0 Å². The third kappa shape index (κ3) is 2.36. The smallest absolute Gasteiger partial charge is 0.223 e. The standard InChI is InChI=1S/C12H12ClN3O2/c1-3-18-12-8(7-14-16(12)2)11(17)9-5-4-6-10(13)15-9/h4-7H,3H2,1-2H3. The van der Waals surface area contributed by atoms with Crippen LogP contribution < -0.4 is 4.74 Å². The zero-order chi connectivity index (χ0) is 13.1. The third-order valence-electron chi connectivity index (χ3n) is 2.36. The Hall–Kier alpha value is -1.88. The zero-order valence-electron chi connectivity index (χ0n) is 10.1. The van der Waals surface area contributed by atoms with Crippen LogP contribution in [0.15, 0.2) is 24.4 Å². The molecular formula is C12H12ClN3O2. The number of nitrogens with zero attached hydrogens (tertiary/aromatic N) is 3. The Morgan fingerprint density at radius 3 is 2.94 bits per heavy atom. The van der Waals surface area contributed by atoms with Gasteiger partial charge in [-0.25, -0.2) is 9.67 Å². The maximum Gasteiger partial charge on any atom is 0.223 e. The number of carbonyl (C=O) groups is 1. The van der Waals surface area contributed by atoms with Crippen LogP contribution >= 0.6 is 11.6 Å². The Kier molecular flexibility index (Phi) is 3.62. The number of halogens is 1. The minimum Gasteiger partial charge on any atom is -0.478 e. The van der Waals surface area contributed by atoms with Crippen molar-refractivity contribution < 1.29 is 9.53 Å². The van der Waals surface area contributed by atoms with Gasteiger partial charge in [-0.1, -0.05) is 17.7 Å². The first-order valence-electron chi connectivity index (χ1n) is 5.45. The Balaban J connectivity index is 2.40. The van der Waals surface area contributed by atoms with Crippen molar-refractivity contribution in [2.24, 2.45) is 7.05 Å². The zero-order valence-corrected chi connectivity index (χ0v) is 10.8. The van der Waals surface area contributed by atoms with Crippen LogP contribution in [0.2, 0.25) is 5.15 Å². The Morgan fingerprint density at radius 1 is 1.50 bits per heavy atom. The minimum atomic E-state index is -0.256. The topological polar surface area (TPSA) is 57.0 Å². The number of rotatable bonds is 4.